The number of unbranched alkanes of at least 4 members (excludes halogenated alkanes) is 30. The molecule has 0 spiro atoms. The van der Waals surface area contributed by atoms with E-state index >= 15 is 0 Å². The average molecular weight is 1040 g/mol. The predicted octanol–water partition coefficient (Wildman–Crippen LogP) is 17.4. The van der Waals surface area contributed by atoms with E-state index in [4.69, 9.17) is 23.3 Å². The van der Waals surface area contributed by atoms with Gasteiger partial charge in [-0.15, -0.1) is 0 Å². The van der Waals surface area contributed by atoms with Gasteiger partial charge in [0.25, 0.3) is 0 Å². The molecule has 72 heavy (non-hydrogen) atoms. The van der Waals surface area contributed by atoms with Crippen LogP contribution in [0.5, 0.6) is 0 Å². The smallest absolute Gasteiger partial charge is 0.462 e. The van der Waals surface area contributed by atoms with E-state index in [-0.39, 0.29) is 25.9 Å². The summed E-state index contributed by atoms with van der Waals surface area (Å²) >= 11 is 0. The first-order chi connectivity index (χ1) is 35.2. The average Bonchev–Trinajstić information content (AvgIpc) is 3.37. The van der Waals surface area contributed by atoms with E-state index in [0.717, 1.165) is 77.0 Å². The number of hydrogen-bond acceptors (Lipinski definition) is 10. The topological polar surface area (TPSA) is 155 Å². The third-order valence-electron chi connectivity index (χ3n) is 12.8. The number of aliphatic hydroxyl groups is 1. The molecule has 420 valence electrons. The number of esters is 3. The summed E-state index contributed by atoms with van der Waals surface area (Å²) in [5.41, 5.74) is 0. The second kappa shape index (κ2) is 54.7. The molecule has 0 aliphatic carbocycles. The minimum absolute atomic E-state index is 0.127. The lowest BCUT2D eigenvalue weighted by Gasteiger charge is -2.21. The predicted molar refractivity (Wildman–Crippen MR) is 298 cm³/mol. The second-order valence-electron chi connectivity index (χ2n) is 19.8. The van der Waals surface area contributed by atoms with E-state index in [1.165, 1.54) is 141 Å². The molecule has 0 aromatic carbocycles. The van der Waals surface area contributed by atoms with Crippen molar-refractivity contribution >= 4 is 25.7 Å². The number of ether oxygens (including phenoxy) is 3. The summed E-state index contributed by atoms with van der Waals surface area (Å²) < 4.78 is 39.5. The van der Waals surface area contributed by atoms with Crippen LogP contribution in [0, 0.1) is 0 Å². The molecular formula is C60H109O11P. The van der Waals surface area contributed by atoms with Crippen molar-refractivity contribution < 1.29 is 52.2 Å². The highest BCUT2D eigenvalue weighted by Gasteiger charge is 2.28. The van der Waals surface area contributed by atoms with Crippen LogP contribution in [0.1, 0.15) is 278 Å². The summed E-state index contributed by atoms with van der Waals surface area (Å²) in [7, 11) is -4.75. The number of hydrogen-bond donors (Lipinski definition) is 2. The van der Waals surface area contributed by atoms with Crippen LogP contribution in [0.3, 0.4) is 0 Å². The third-order valence-corrected chi connectivity index (χ3v) is 13.7. The van der Waals surface area contributed by atoms with Crippen LogP contribution in [0.15, 0.2) is 48.6 Å². The molecular weight excluding hydrogens is 928 g/mol. The van der Waals surface area contributed by atoms with Crippen molar-refractivity contribution in [3.05, 3.63) is 48.6 Å². The van der Waals surface area contributed by atoms with Crippen molar-refractivity contribution in [1.29, 1.82) is 0 Å². The standard InChI is InChI=1S/C60H109O11P/c1-4-7-10-13-16-19-22-25-27-28-30-33-36-39-42-45-48-51-60(64)71-57(53-67-58(62)49-46-43-40-37-34-31-24-21-18-15-12-9-6-3)55-69-72(65,66)68-54-56(52-61)70-59(63)50-47-44-41-38-35-32-29-26-23-20-17-14-11-8-5-2/h8,11,17,20,26,29,35,38,56-57,61H,4-7,9-10,12-16,18-19,21-25,27-28,30-34,36-37,39-55H2,1-3H3,(H,65,66)/b11-8-,20-17-,29-26-,38-35-. The lowest BCUT2D eigenvalue weighted by atomic mass is 10.0. The van der Waals surface area contributed by atoms with Gasteiger partial charge in [-0.05, 0) is 57.8 Å². The van der Waals surface area contributed by atoms with Gasteiger partial charge in [0.15, 0.2) is 6.10 Å². The van der Waals surface area contributed by atoms with Gasteiger partial charge in [-0.1, -0.05) is 249 Å². The maximum Gasteiger partial charge on any atom is 0.472 e. The minimum Gasteiger partial charge on any atom is -0.462 e. The van der Waals surface area contributed by atoms with Gasteiger partial charge in [-0.25, -0.2) is 4.57 Å². The number of allylic oxidation sites excluding steroid dienone is 8. The summed E-state index contributed by atoms with van der Waals surface area (Å²) in [6.45, 7) is 4.53. The molecule has 0 saturated carbocycles. The molecule has 12 heteroatoms. The summed E-state index contributed by atoms with van der Waals surface area (Å²) in [5, 5.41) is 9.81. The van der Waals surface area contributed by atoms with E-state index < -0.39 is 57.8 Å². The summed E-state index contributed by atoms with van der Waals surface area (Å²) in [4.78, 5) is 48.5. The molecule has 3 unspecified atom stereocenters. The molecule has 0 aliphatic rings. The van der Waals surface area contributed by atoms with Crippen molar-refractivity contribution in [2.24, 2.45) is 0 Å². The van der Waals surface area contributed by atoms with Crippen molar-refractivity contribution in [3.8, 4) is 0 Å². The van der Waals surface area contributed by atoms with E-state index in [0.29, 0.717) is 19.3 Å². The van der Waals surface area contributed by atoms with Crippen LogP contribution in [-0.2, 0) is 42.2 Å². The Morgan fingerprint density at radius 2 is 0.722 bits per heavy atom. The van der Waals surface area contributed by atoms with Crippen LogP contribution in [0.2, 0.25) is 0 Å². The Bertz CT molecular complexity index is 1400. The van der Waals surface area contributed by atoms with Crippen molar-refractivity contribution in [2.75, 3.05) is 26.4 Å². The van der Waals surface area contributed by atoms with E-state index in [2.05, 4.69) is 69.4 Å². The fourth-order valence-electron chi connectivity index (χ4n) is 8.29. The number of rotatable bonds is 55. The van der Waals surface area contributed by atoms with Gasteiger partial charge in [-0.2, -0.15) is 0 Å². The second-order valence-corrected chi connectivity index (χ2v) is 21.2. The monoisotopic (exact) mass is 1040 g/mol. The number of aliphatic hydroxyl groups excluding tert-OH is 1. The van der Waals surface area contributed by atoms with Crippen molar-refractivity contribution in [2.45, 2.75) is 290 Å². The van der Waals surface area contributed by atoms with E-state index in [9.17, 15) is 28.9 Å². The van der Waals surface area contributed by atoms with Gasteiger partial charge in [0, 0.05) is 19.3 Å². The van der Waals surface area contributed by atoms with Gasteiger partial charge in [-0.3, -0.25) is 23.4 Å². The Kier molecular flexibility index (Phi) is 52.7. The lowest BCUT2D eigenvalue weighted by molar-refractivity contribution is -0.161. The lowest BCUT2D eigenvalue weighted by Crippen LogP contribution is -2.30. The summed E-state index contributed by atoms with van der Waals surface area (Å²) in [6, 6.07) is 0. The molecule has 0 aromatic heterocycles. The normalized spacial score (nSPS) is 13.7. The molecule has 11 nitrogen and oxygen atoms in total. The SMILES string of the molecule is CC/C=C\C/C=C\C/C=C\C/C=C\CCCCC(=O)OC(CO)COP(=O)(O)OCC(COC(=O)CCCCCCCCCCCCCCC)OC(=O)CCCCCCCCCCCCCCCCCCC. The van der Waals surface area contributed by atoms with Crippen molar-refractivity contribution in [1.82, 2.24) is 0 Å². The van der Waals surface area contributed by atoms with Gasteiger partial charge in [0.05, 0.1) is 19.8 Å². The Morgan fingerprint density at radius 1 is 0.403 bits per heavy atom. The largest absolute Gasteiger partial charge is 0.472 e. The van der Waals surface area contributed by atoms with Crippen LogP contribution < -0.4 is 0 Å². The zero-order valence-electron chi connectivity index (χ0n) is 46.4. The van der Waals surface area contributed by atoms with Gasteiger partial charge in [0.2, 0.25) is 0 Å². The maximum absolute atomic E-state index is 12.9. The van der Waals surface area contributed by atoms with Gasteiger partial charge >= 0.3 is 25.7 Å². The highest BCUT2D eigenvalue weighted by molar-refractivity contribution is 7.47. The number of phosphoric ester groups is 1. The molecule has 0 aromatic rings. The van der Waals surface area contributed by atoms with Gasteiger partial charge < -0.3 is 24.2 Å². The molecule has 3 atom stereocenters. The Balaban J connectivity index is 4.71. The molecule has 0 heterocycles. The molecule has 0 saturated heterocycles. The first-order valence-corrected chi connectivity index (χ1v) is 31.0. The molecule has 0 aliphatic heterocycles. The molecule has 0 bridgehead atoms. The van der Waals surface area contributed by atoms with E-state index in [1.807, 2.05) is 0 Å². The minimum atomic E-state index is -4.75. The van der Waals surface area contributed by atoms with E-state index in [1.54, 1.807) is 0 Å². The fourth-order valence-corrected chi connectivity index (χ4v) is 9.07. The highest BCUT2D eigenvalue weighted by atomic mass is 31.2. The maximum atomic E-state index is 12.9. The Labute approximate surface area is 441 Å². The van der Waals surface area contributed by atoms with Crippen molar-refractivity contribution in [3.63, 3.8) is 0 Å². The molecule has 0 amide bonds. The van der Waals surface area contributed by atoms with Crippen LogP contribution >= 0.6 is 7.82 Å². The van der Waals surface area contributed by atoms with Gasteiger partial charge in [0.1, 0.15) is 12.7 Å². The third kappa shape index (κ3) is 52.3. The first kappa shape index (κ1) is 69.4. The molecule has 0 fully saturated rings. The van der Waals surface area contributed by atoms with Crippen LogP contribution in [0.4, 0.5) is 0 Å². The summed E-state index contributed by atoms with van der Waals surface area (Å²) in [6.07, 6.45) is 57.8. The number of carbonyl (C=O) groups excluding carboxylic acids is 3. The molecule has 2 N–H and O–H groups in total. The Morgan fingerprint density at radius 3 is 1.11 bits per heavy atom. The van der Waals surface area contributed by atoms with Crippen LogP contribution in [0.25, 0.3) is 0 Å². The highest BCUT2D eigenvalue weighted by Crippen LogP contribution is 2.43. The molecule has 0 rings (SSSR count). The summed E-state index contributed by atoms with van der Waals surface area (Å²) in [5.74, 6) is -1.49. The Hall–Kier alpha value is -2.56. The molecule has 0 radical (unpaired) electrons. The van der Waals surface area contributed by atoms with Crippen LogP contribution in [-0.4, -0.2) is 66.5 Å². The zero-order chi connectivity index (χ0) is 52.7. The quantitative estimate of drug-likeness (QED) is 0.0197. The number of phosphoric acid groups is 1. The first-order valence-electron chi connectivity index (χ1n) is 29.5. The number of carbonyl (C=O) groups is 3. The zero-order valence-corrected chi connectivity index (χ0v) is 47.3. The fraction of sp³-hybridized carbons (Fsp3) is 0.817.